The smallest absolute Gasteiger partial charge is 0.0804 e. The van der Waals surface area contributed by atoms with Crippen molar-refractivity contribution in [2.45, 2.75) is 0 Å². The first kappa shape index (κ1) is 32.7. The maximum Gasteiger partial charge on any atom is 0.0804 e. The highest BCUT2D eigenvalue weighted by Crippen LogP contribution is 2.45. The SMILES string of the molecule is C(=Nn1c(-c2ccccc2)c2cc(-c3ccccc3)c(-c3ccccc3)cc2c1-c1ccccc1)c1ccc(N(c2ccccc2)c2ccccc2)cc1. The van der Waals surface area contributed by atoms with Gasteiger partial charge in [-0.15, -0.1) is 0 Å². The normalized spacial score (nSPS) is 11.3. The first-order chi connectivity index (χ1) is 26.8. The highest BCUT2D eigenvalue weighted by Gasteiger charge is 2.23. The Morgan fingerprint density at radius 3 is 1.07 bits per heavy atom. The van der Waals surface area contributed by atoms with Gasteiger partial charge in [-0.3, -0.25) is 0 Å². The molecule has 54 heavy (non-hydrogen) atoms. The van der Waals surface area contributed by atoms with Crippen LogP contribution in [0.15, 0.2) is 223 Å². The molecule has 8 aromatic carbocycles. The molecule has 1 aromatic heterocycles. The molecule has 3 heteroatoms. The predicted octanol–water partition coefficient (Wildman–Crippen LogP) is 13.7. The molecule has 0 aliphatic carbocycles. The van der Waals surface area contributed by atoms with E-state index < -0.39 is 0 Å². The number of hydrogen-bond donors (Lipinski definition) is 0. The van der Waals surface area contributed by atoms with Gasteiger partial charge in [0.05, 0.1) is 17.6 Å². The minimum atomic E-state index is 1.01. The second kappa shape index (κ2) is 14.8. The van der Waals surface area contributed by atoms with E-state index in [1.807, 2.05) is 6.21 Å². The van der Waals surface area contributed by atoms with E-state index in [1.54, 1.807) is 0 Å². The summed E-state index contributed by atoms with van der Waals surface area (Å²) in [6.45, 7) is 0. The zero-order valence-corrected chi connectivity index (χ0v) is 29.7. The molecule has 0 aliphatic heterocycles. The molecule has 0 saturated carbocycles. The van der Waals surface area contributed by atoms with Crippen LogP contribution in [0.2, 0.25) is 0 Å². The Morgan fingerprint density at radius 2 is 0.685 bits per heavy atom. The van der Waals surface area contributed by atoms with E-state index in [9.17, 15) is 0 Å². The van der Waals surface area contributed by atoms with Gasteiger partial charge < -0.3 is 4.90 Å². The van der Waals surface area contributed by atoms with Crippen LogP contribution in [-0.2, 0) is 0 Å². The van der Waals surface area contributed by atoms with E-state index in [-0.39, 0.29) is 0 Å². The predicted molar refractivity (Wildman–Crippen MR) is 228 cm³/mol. The number of nitrogens with zero attached hydrogens (tertiary/aromatic N) is 3. The second-order valence-electron chi connectivity index (χ2n) is 13.3. The molecule has 0 N–H and O–H groups in total. The maximum atomic E-state index is 5.34. The van der Waals surface area contributed by atoms with Gasteiger partial charge >= 0.3 is 0 Å². The number of para-hydroxylation sites is 2. The van der Waals surface area contributed by atoms with Gasteiger partial charge in [-0.25, -0.2) is 4.68 Å². The van der Waals surface area contributed by atoms with Crippen LogP contribution < -0.4 is 4.90 Å². The summed E-state index contributed by atoms with van der Waals surface area (Å²) >= 11 is 0. The van der Waals surface area contributed by atoms with Crippen molar-refractivity contribution in [3.63, 3.8) is 0 Å². The molecule has 0 radical (unpaired) electrons. The van der Waals surface area contributed by atoms with Crippen molar-refractivity contribution in [1.29, 1.82) is 0 Å². The Hall–Kier alpha value is -7.23. The minimum Gasteiger partial charge on any atom is -0.311 e. The minimum absolute atomic E-state index is 1.01. The molecular formula is C51H37N3. The van der Waals surface area contributed by atoms with E-state index in [0.717, 1.165) is 55.9 Å². The molecule has 0 unspecified atom stereocenters. The van der Waals surface area contributed by atoms with Crippen LogP contribution in [0.4, 0.5) is 17.1 Å². The van der Waals surface area contributed by atoms with Crippen molar-refractivity contribution in [2.24, 2.45) is 5.10 Å². The largest absolute Gasteiger partial charge is 0.311 e. The van der Waals surface area contributed by atoms with Gasteiger partial charge in [0.1, 0.15) is 0 Å². The van der Waals surface area contributed by atoms with Crippen molar-refractivity contribution in [3.8, 4) is 44.8 Å². The van der Waals surface area contributed by atoms with Crippen LogP contribution in [0, 0.1) is 0 Å². The van der Waals surface area contributed by atoms with Gasteiger partial charge in [-0.05, 0) is 76.3 Å². The third-order valence-corrected chi connectivity index (χ3v) is 9.86. The average Bonchev–Trinajstić information content (AvgIpc) is 3.58. The molecule has 0 spiro atoms. The van der Waals surface area contributed by atoms with Gasteiger partial charge in [0.15, 0.2) is 0 Å². The number of aromatic nitrogens is 1. The quantitative estimate of drug-likeness (QED) is 0.138. The monoisotopic (exact) mass is 691 g/mol. The van der Waals surface area contributed by atoms with Crippen molar-refractivity contribution in [3.05, 3.63) is 224 Å². The van der Waals surface area contributed by atoms with Crippen molar-refractivity contribution < 1.29 is 0 Å². The highest BCUT2D eigenvalue weighted by atomic mass is 15.4. The zero-order chi connectivity index (χ0) is 36.1. The molecule has 3 nitrogen and oxygen atoms in total. The summed E-state index contributed by atoms with van der Waals surface area (Å²) in [4.78, 5) is 2.27. The highest BCUT2D eigenvalue weighted by molar-refractivity contribution is 6.10. The number of benzene rings is 8. The first-order valence-corrected chi connectivity index (χ1v) is 18.3. The molecule has 0 saturated heterocycles. The Bertz CT molecular complexity index is 2490. The van der Waals surface area contributed by atoms with Crippen LogP contribution in [-0.4, -0.2) is 10.9 Å². The average molecular weight is 692 g/mol. The van der Waals surface area contributed by atoms with Gasteiger partial charge in [0.25, 0.3) is 0 Å². The standard InChI is InChI=1S/C51H37N3/c1-7-19-39(20-8-1)46-35-48-49(36-47(46)40-21-9-2-10-22-40)51(42-25-13-4-14-26-42)54(50(48)41-23-11-3-12-24-41)52-37-38-31-33-45(34-32-38)53(43-27-15-5-16-28-43)44-29-17-6-18-30-44/h1-37H. The molecule has 256 valence electrons. The third-order valence-electron chi connectivity index (χ3n) is 9.86. The summed E-state index contributed by atoms with van der Waals surface area (Å²) in [6, 6.07) is 77.0. The Labute approximate surface area is 316 Å². The maximum absolute atomic E-state index is 5.34. The van der Waals surface area contributed by atoms with Crippen LogP contribution in [0.25, 0.3) is 55.5 Å². The molecule has 0 aliphatic rings. The molecule has 9 aromatic rings. The summed E-state index contributed by atoms with van der Waals surface area (Å²) in [5, 5.41) is 7.63. The fraction of sp³-hybridized carbons (Fsp3) is 0. The molecule has 1 heterocycles. The number of fused-ring (bicyclic) bond motifs is 1. The van der Waals surface area contributed by atoms with Gasteiger partial charge in [-0.2, -0.15) is 5.10 Å². The number of hydrogen-bond acceptors (Lipinski definition) is 2. The van der Waals surface area contributed by atoms with Crippen molar-refractivity contribution >= 4 is 34.0 Å². The van der Waals surface area contributed by atoms with Crippen LogP contribution in [0.5, 0.6) is 0 Å². The van der Waals surface area contributed by atoms with Crippen LogP contribution in [0.1, 0.15) is 5.56 Å². The van der Waals surface area contributed by atoms with E-state index in [4.69, 9.17) is 5.10 Å². The molecule has 0 bridgehead atoms. The Balaban J connectivity index is 1.24. The topological polar surface area (TPSA) is 20.5 Å². The molecule has 0 amide bonds. The number of rotatable bonds is 9. The molecule has 0 fully saturated rings. The summed E-state index contributed by atoms with van der Waals surface area (Å²) in [5.74, 6) is 0. The number of anilines is 3. The third kappa shape index (κ3) is 6.40. The summed E-state index contributed by atoms with van der Waals surface area (Å²) in [6.07, 6.45) is 1.98. The summed E-state index contributed by atoms with van der Waals surface area (Å²) in [7, 11) is 0. The lowest BCUT2D eigenvalue weighted by Gasteiger charge is -2.25. The van der Waals surface area contributed by atoms with Gasteiger partial charge in [0, 0.05) is 39.0 Å². The van der Waals surface area contributed by atoms with E-state index in [1.165, 1.54) is 22.3 Å². The van der Waals surface area contributed by atoms with Crippen LogP contribution >= 0.6 is 0 Å². The van der Waals surface area contributed by atoms with Crippen LogP contribution in [0.3, 0.4) is 0 Å². The lowest BCUT2D eigenvalue weighted by Crippen LogP contribution is -2.09. The zero-order valence-electron chi connectivity index (χ0n) is 29.7. The summed E-state index contributed by atoms with van der Waals surface area (Å²) in [5.41, 5.74) is 13.3. The van der Waals surface area contributed by atoms with E-state index in [0.29, 0.717) is 0 Å². The van der Waals surface area contributed by atoms with E-state index in [2.05, 4.69) is 228 Å². The molecule has 0 atom stereocenters. The fourth-order valence-corrected chi connectivity index (χ4v) is 7.34. The molecule has 9 rings (SSSR count). The van der Waals surface area contributed by atoms with Gasteiger partial charge in [0.2, 0.25) is 0 Å². The summed E-state index contributed by atoms with van der Waals surface area (Å²) < 4.78 is 2.15. The fourth-order valence-electron chi connectivity index (χ4n) is 7.34. The Kier molecular flexibility index (Phi) is 8.94. The second-order valence-corrected chi connectivity index (χ2v) is 13.3. The van der Waals surface area contributed by atoms with Gasteiger partial charge in [-0.1, -0.05) is 170 Å². The lowest BCUT2D eigenvalue weighted by molar-refractivity contribution is 0.917. The van der Waals surface area contributed by atoms with Crippen molar-refractivity contribution in [2.75, 3.05) is 4.90 Å². The van der Waals surface area contributed by atoms with Crippen molar-refractivity contribution in [1.82, 2.24) is 4.68 Å². The Morgan fingerprint density at radius 1 is 0.352 bits per heavy atom. The lowest BCUT2D eigenvalue weighted by atomic mass is 9.90. The first-order valence-electron chi connectivity index (χ1n) is 18.3. The molecular weight excluding hydrogens is 655 g/mol. The van der Waals surface area contributed by atoms with E-state index >= 15 is 0 Å².